The van der Waals surface area contributed by atoms with Crippen molar-refractivity contribution in [3.8, 4) is 11.1 Å². The van der Waals surface area contributed by atoms with E-state index in [1.807, 2.05) is 25.1 Å². The van der Waals surface area contributed by atoms with Crippen LogP contribution < -0.4 is 16.4 Å². The van der Waals surface area contributed by atoms with Gasteiger partial charge in [-0.15, -0.1) is 0 Å². The summed E-state index contributed by atoms with van der Waals surface area (Å²) in [6.07, 6.45) is 0. The van der Waals surface area contributed by atoms with Crippen LogP contribution in [0.2, 0.25) is 0 Å². The Hall–Kier alpha value is -3.94. The van der Waals surface area contributed by atoms with Crippen molar-refractivity contribution in [3.05, 3.63) is 65.6 Å². The number of nitrogens with two attached hydrogens (primary N) is 1. The average molecular weight is 433 g/mol. The van der Waals surface area contributed by atoms with Gasteiger partial charge in [0.05, 0.1) is 11.1 Å². The molecule has 2 aromatic carbocycles. The molecule has 0 fully saturated rings. The van der Waals surface area contributed by atoms with Gasteiger partial charge in [0, 0.05) is 16.8 Å². The number of pyridine rings is 1. The summed E-state index contributed by atoms with van der Waals surface area (Å²) in [5, 5.41) is 13.0. The molecular weight excluding hydrogens is 407 g/mol. The second-order valence-electron chi connectivity index (χ2n) is 8.78. The second-order valence-corrected chi connectivity index (χ2v) is 8.78. The van der Waals surface area contributed by atoms with Gasteiger partial charge in [-0.2, -0.15) is 5.10 Å². The molecule has 0 aliphatic carbocycles. The van der Waals surface area contributed by atoms with Gasteiger partial charge in [-0.3, -0.25) is 5.10 Å². The Bertz CT molecular complexity index is 1300. The Morgan fingerprint density at radius 3 is 2.47 bits per heavy atom. The molecule has 0 aliphatic heterocycles. The first kappa shape index (κ1) is 21.3. The van der Waals surface area contributed by atoms with Gasteiger partial charge in [0.25, 0.3) is 0 Å². The van der Waals surface area contributed by atoms with Crippen LogP contribution in [-0.4, -0.2) is 21.2 Å². The number of carbonyl (C=O) groups is 1. The van der Waals surface area contributed by atoms with E-state index in [1.165, 1.54) is 6.07 Å². The Morgan fingerprint density at radius 2 is 1.78 bits per heavy atom. The number of hydrogen-bond acceptors (Lipinski definition) is 4. The van der Waals surface area contributed by atoms with Gasteiger partial charge in [-0.1, -0.05) is 39.0 Å². The van der Waals surface area contributed by atoms with Gasteiger partial charge in [-0.05, 0) is 53.9 Å². The maximum atomic E-state index is 13.9. The van der Waals surface area contributed by atoms with Crippen molar-refractivity contribution < 1.29 is 9.18 Å². The molecule has 0 aliphatic rings. The third-order valence-electron chi connectivity index (χ3n) is 5.14. The summed E-state index contributed by atoms with van der Waals surface area (Å²) in [5.41, 5.74) is 10.8. The molecule has 2 heterocycles. The first-order valence-electron chi connectivity index (χ1n) is 10.2. The Kier molecular flexibility index (Phi) is 5.30. The monoisotopic (exact) mass is 432 g/mol. The number of benzene rings is 2. The Balaban J connectivity index is 1.60. The molecule has 0 unspecified atom stereocenters. The van der Waals surface area contributed by atoms with Crippen LogP contribution in [0, 0.1) is 12.7 Å². The van der Waals surface area contributed by atoms with E-state index >= 15 is 0 Å². The van der Waals surface area contributed by atoms with Crippen LogP contribution in [0.4, 0.5) is 26.4 Å². The summed E-state index contributed by atoms with van der Waals surface area (Å²) in [6, 6.07) is 13.4. The van der Waals surface area contributed by atoms with E-state index in [9.17, 15) is 9.18 Å². The number of nitrogen functional groups attached to an aromatic ring is 1. The minimum Gasteiger partial charge on any atom is -0.383 e. The maximum absolute atomic E-state index is 13.9. The number of halogens is 1. The number of aryl methyl sites for hydroxylation is 1. The summed E-state index contributed by atoms with van der Waals surface area (Å²) in [6.45, 7) is 8.09. The molecule has 0 bridgehead atoms. The number of carbonyl (C=O) groups excluding carboxylic acids is 1. The number of fused-ring (bicyclic) bond motifs is 1. The van der Waals surface area contributed by atoms with Crippen LogP contribution in [0.15, 0.2) is 48.5 Å². The van der Waals surface area contributed by atoms with E-state index < -0.39 is 11.8 Å². The number of aromatic nitrogens is 3. The van der Waals surface area contributed by atoms with Gasteiger partial charge in [-0.25, -0.2) is 14.2 Å². The van der Waals surface area contributed by atoms with Gasteiger partial charge < -0.3 is 16.4 Å². The zero-order valence-corrected chi connectivity index (χ0v) is 18.4. The molecular formula is C24H25FN6O. The van der Waals surface area contributed by atoms with Gasteiger partial charge in [0.2, 0.25) is 0 Å². The van der Waals surface area contributed by atoms with Crippen LogP contribution in [-0.2, 0) is 5.41 Å². The number of anilines is 3. The lowest BCUT2D eigenvalue weighted by Crippen LogP contribution is -2.20. The molecule has 5 N–H and O–H groups in total. The minimum absolute atomic E-state index is 0.128. The van der Waals surface area contributed by atoms with Crippen LogP contribution >= 0.6 is 0 Å². The van der Waals surface area contributed by atoms with Crippen molar-refractivity contribution in [1.82, 2.24) is 15.2 Å². The molecule has 2 amide bonds. The first-order chi connectivity index (χ1) is 15.1. The SMILES string of the molecule is Cc1ccc(F)c(NC(=O)Nc2ccc(-c3cc(C(C)(C)C)nc4n[nH]c(N)c34)cc2)c1. The fraction of sp³-hybridized carbons (Fsp3) is 0.208. The number of amides is 2. The predicted molar refractivity (Wildman–Crippen MR) is 126 cm³/mol. The van der Waals surface area contributed by atoms with E-state index in [0.717, 1.165) is 27.8 Å². The molecule has 0 saturated carbocycles. The summed E-state index contributed by atoms with van der Waals surface area (Å²) >= 11 is 0. The van der Waals surface area contributed by atoms with Crippen molar-refractivity contribution >= 4 is 34.3 Å². The number of hydrogen-bond donors (Lipinski definition) is 4. The molecule has 4 rings (SSSR count). The number of rotatable bonds is 3. The Morgan fingerprint density at radius 1 is 1.06 bits per heavy atom. The van der Waals surface area contributed by atoms with Crippen molar-refractivity contribution in [2.45, 2.75) is 33.1 Å². The highest BCUT2D eigenvalue weighted by molar-refractivity contribution is 6.02. The first-order valence-corrected chi connectivity index (χ1v) is 10.2. The van der Waals surface area contributed by atoms with Crippen molar-refractivity contribution in [1.29, 1.82) is 0 Å². The number of nitrogens with one attached hydrogen (secondary N) is 3. The lowest BCUT2D eigenvalue weighted by Gasteiger charge is -2.19. The van der Waals surface area contributed by atoms with E-state index in [4.69, 9.17) is 5.73 Å². The molecule has 164 valence electrons. The standard InChI is InChI=1S/C24H25FN6O/c1-13-5-10-17(25)18(11-13)28-23(32)27-15-8-6-14(7-9-15)16-12-19(24(2,3)4)29-22-20(16)21(26)30-31-22/h5-12H,1-4H3,(H2,27,28,32)(H3,26,29,30,31). The highest BCUT2D eigenvalue weighted by atomic mass is 19.1. The largest absolute Gasteiger partial charge is 0.383 e. The average Bonchev–Trinajstić information content (AvgIpc) is 3.11. The summed E-state index contributed by atoms with van der Waals surface area (Å²) in [7, 11) is 0. The fourth-order valence-electron chi connectivity index (χ4n) is 3.41. The summed E-state index contributed by atoms with van der Waals surface area (Å²) < 4.78 is 13.9. The minimum atomic E-state index is -0.525. The second kappa shape index (κ2) is 7.96. The lowest BCUT2D eigenvalue weighted by molar-refractivity contribution is 0.262. The number of aromatic amines is 1. The van der Waals surface area contributed by atoms with Gasteiger partial charge >= 0.3 is 6.03 Å². The highest BCUT2D eigenvalue weighted by Gasteiger charge is 2.21. The van der Waals surface area contributed by atoms with Crippen LogP contribution in [0.5, 0.6) is 0 Å². The maximum Gasteiger partial charge on any atom is 0.323 e. The fourth-order valence-corrected chi connectivity index (χ4v) is 3.41. The predicted octanol–water partition coefficient (Wildman–Crippen LogP) is 5.60. The number of nitrogens with zero attached hydrogens (tertiary/aromatic N) is 2. The molecule has 8 heteroatoms. The highest BCUT2D eigenvalue weighted by Crippen LogP contribution is 2.34. The van der Waals surface area contributed by atoms with Gasteiger partial charge in [0.15, 0.2) is 5.65 Å². The quantitative estimate of drug-likeness (QED) is 0.338. The molecule has 0 atom stereocenters. The van der Waals surface area contributed by atoms with E-state index in [1.54, 1.807) is 24.3 Å². The Labute approximate surface area is 185 Å². The van der Waals surface area contributed by atoms with Crippen molar-refractivity contribution in [3.63, 3.8) is 0 Å². The molecule has 0 spiro atoms. The van der Waals surface area contributed by atoms with Crippen molar-refractivity contribution in [2.75, 3.05) is 16.4 Å². The molecule has 2 aromatic heterocycles. The van der Waals surface area contributed by atoms with Gasteiger partial charge in [0.1, 0.15) is 11.6 Å². The molecule has 32 heavy (non-hydrogen) atoms. The molecule has 4 aromatic rings. The molecule has 0 radical (unpaired) electrons. The van der Waals surface area contributed by atoms with Crippen LogP contribution in [0.1, 0.15) is 32.0 Å². The summed E-state index contributed by atoms with van der Waals surface area (Å²) in [4.78, 5) is 17.0. The van der Waals surface area contributed by atoms with E-state index in [-0.39, 0.29) is 11.1 Å². The molecule has 7 nitrogen and oxygen atoms in total. The topological polar surface area (TPSA) is 109 Å². The zero-order valence-electron chi connectivity index (χ0n) is 18.4. The lowest BCUT2D eigenvalue weighted by atomic mass is 9.89. The summed E-state index contributed by atoms with van der Waals surface area (Å²) in [5.74, 6) is -0.0418. The van der Waals surface area contributed by atoms with E-state index in [0.29, 0.717) is 17.2 Å². The third-order valence-corrected chi connectivity index (χ3v) is 5.14. The van der Waals surface area contributed by atoms with E-state index in [2.05, 4.69) is 46.6 Å². The smallest absolute Gasteiger partial charge is 0.323 e. The van der Waals surface area contributed by atoms with Crippen LogP contribution in [0.25, 0.3) is 22.2 Å². The van der Waals surface area contributed by atoms with Crippen molar-refractivity contribution in [2.24, 2.45) is 0 Å². The normalized spacial score (nSPS) is 11.5. The molecule has 0 saturated heterocycles. The number of H-pyrrole nitrogens is 1. The zero-order chi connectivity index (χ0) is 23.0. The van der Waals surface area contributed by atoms with Crippen LogP contribution in [0.3, 0.4) is 0 Å². The third kappa shape index (κ3) is 4.25. The number of urea groups is 1.